The van der Waals surface area contributed by atoms with E-state index in [1.54, 1.807) is 0 Å². The Morgan fingerprint density at radius 1 is 0.846 bits per heavy atom. The van der Waals surface area contributed by atoms with E-state index >= 15 is 0 Å². The molecule has 0 saturated carbocycles. The smallest absolute Gasteiger partial charge is 0.228 e. The summed E-state index contributed by atoms with van der Waals surface area (Å²) >= 11 is 0. The van der Waals surface area contributed by atoms with Crippen LogP contribution < -0.4 is 5.32 Å². The van der Waals surface area contributed by atoms with Crippen LogP contribution >= 0.6 is 12.4 Å². The molecule has 1 amide bonds. The maximum atomic E-state index is 12.5. The SMILES string of the molecule is Cl.O=C(C1CNC1)N1CCN(C(c2ccccc2)c2ccccc2)CC1. The number of carbonyl (C=O) groups excluding carboxylic acids is 1. The standard InChI is InChI=1S/C21H25N3O.ClH/c25-21(19-15-22-16-19)24-13-11-23(12-14-24)20(17-7-3-1-4-8-17)18-9-5-2-6-10-18;/h1-10,19-20,22H,11-16H2;1H. The van der Waals surface area contributed by atoms with E-state index in [1.165, 1.54) is 11.1 Å². The van der Waals surface area contributed by atoms with E-state index in [1.807, 2.05) is 0 Å². The van der Waals surface area contributed by atoms with Gasteiger partial charge in [0.25, 0.3) is 0 Å². The molecule has 0 aliphatic carbocycles. The molecule has 0 bridgehead atoms. The van der Waals surface area contributed by atoms with Crippen molar-refractivity contribution in [1.29, 1.82) is 0 Å². The van der Waals surface area contributed by atoms with Crippen LogP contribution in [-0.2, 0) is 4.79 Å². The van der Waals surface area contributed by atoms with Crippen LogP contribution in [0, 0.1) is 5.92 Å². The Labute approximate surface area is 161 Å². The number of piperazine rings is 1. The van der Waals surface area contributed by atoms with Crippen LogP contribution in [0.15, 0.2) is 60.7 Å². The first-order chi connectivity index (χ1) is 12.3. The highest BCUT2D eigenvalue weighted by molar-refractivity contribution is 5.85. The van der Waals surface area contributed by atoms with Crippen molar-refractivity contribution in [2.24, 2.45) is 5.92 Å². The Morgan fingerprint density at radius 2 is 1.35 bits per heavy atom. The van der Waals surface area contributed by atoms with E-state index in [2.05, 4.69) is 75.8 Å². The summed E-state index contributed by atoms with van der Waals surface area (Å²) in [6, 6.07) is 21.6. The highest BCUT2D eigenvalue weighted by Crippen LogP contribution is 2.29. The van der Waals surface area contributed by atoms with Gasteiger partial charge in [-0.2, -0.15) is 0 Å². The van der Waals surface area contributed by atoms with Crippen molar-refractivity contribution in [2.75, 3.05) is 39.3 Å². The molecule has 0 spiro atoms. The fraction of sp³-hybridized carbons (Fsp3) is 0.381. The third kappa shape index (κ3) is 3.93. The Balaban J connectivity index is 0.00000196. The van der Waals surface area contributed by atoms with E-state index in [4.69, 9.17) is 0 Å². The van der Waals surface area contributed by atoms with E-state index in [0.29, 0.717) is 5.91 Å². The van der Waals surface area contributed by atoms with Crippen LogP contribution in [0.25, 0.3) is 0 Å². The minimum Gasteiger partial charge on any atom is -0.340 e. The number of nitrogens with zero attached hydrogens (tertiary/aromatic N) is 2. The molecule has 0 unspecified atom stereocenters. The highest BCUT2D eigenvalue weighted by atomic mass is 35.5. The lowest BCUT2D eigenvalue weighted by molar-refractivity contribution is -0.139. The predicted octanol–water partition coefficient (Wildman–Crippen LogP) is 2.56. The van der Waals surface area contributed by atoms with Gasteiger partial charge in [-0.25, -0.2) is 0 Å². The van der Waals surface area contributed by atoms with Crippen molar-refractivity contribution >= 4 is 18.3 Å². The summed E-state index contributed by atoms with van der Waals surface area (Å²) in [6.45, 7) is 5.17. The van der Waals surface area contributed by atoms with E-state index < -0.39 is 0 Å². The summed E-state index contributed by atoms with van der Waals surface area (Å²) in [5, 5.41) is 3.19. The summed E-state index contributed by atoms with van der Waals surface area (Å²) in [7, 11) is 0. The van der Waals surface area contributed by atoms with Crippen molar-refractivity contribution in [1.82, 2.24) is 15.1 Å². The Bertz CT molecular complexity index is 658. The number of hydrogen-bond donors (Lipinski definition) is 1. The zero-order valence-electron chi connectivity index (χ0n) is 14.9. The third-order valence-corrected chi connectivity index (χ3v) is 5.35. The van der Waals surface area contributed by atoms with Gasteiger partial charge in [0, 0.05) is 39.3 Å². The molecule has 2 fully saturated rings. The molecule has 26 heavy (non-hydrogen) atoms. The number of nitrogens with one attached hydrogen (secondary N) is 1. The lowest BCUT2D eigenvalue weighted by Crippen LogP contribution is -2.56. The Morgan fingerprint density at radius 3 is 1.77 bits per heavy atom. The molecule has 0 atom stereocenters. The van der Waals surface area contributed by atoms with Gasteiger partial charge in [-0.05, 0) is 11.1 Å². The highest BCUT2D eigenvalue weighted by Gasteiger charge is 2.33. The van der Waals surface area contributed by atoms with Gasteiger partial charge in [0.1, 0.15) is 0 Å². The molecule has 2 aliphatic heterocycles. The lowest BCUT2D eigenvalue weighted by atomic mass is 9.96. The molecule has 2 aromatic rings. The number of rotatable bonds is 4. The average molecular weight is 372 g/mol. The minimum absolute atomic E-state index is 0. The maximum absolute atomic E-state index is 12.5. The first-order valence-electron chi connectivity index (χ1n) is 9.16. The first kappa shape index (κ1) is 18.9. The largest absolute Gasteiger partial charge is 0.340 e. The Hall–Kier alpha value is -1.88. The molecule has 4 nitrogen and oxygen atoms in total. The summed E-state index contributed by atoms with van der Waals surface area (Å²) in [5.41, 5.74) is 2.63. The molecular formula is C21H26ClN3O. The molecule has 4 rings (SSSR count). The van der Waals surface area contributed by atoms with Gasteiger partial charge in [-0.3, -0.25) is 9.69 Å². The molecule has 2 aliphatic rings. The van der Waals surface area contributed by atoms with Gasteiger partial charge >= 0.3 is 0 Å². The van der Waals surface area contributed by atoms with E-state index in [9.17, 15) is 4.79 Å². The summed E-state index contributed by atoms with van der Waals surface area (Å²) in [5.74, 6) is 0.528. The van der Waals surface area contributed by atoms with E-state index in [0.717, 1.165) is 39.3 Å². The maximum Gasteiger partial charge on any atom is 0.228 e. The molecule has 2 aromatic carbocycles. The second-order valence-electron chi connectivity index (χ2n) is 6.94. The zero-order chi connectivity index (χ0) is 17.1. The van der Waals surface area contributed by atoms with Crippen LogP contribution in [0.4, 0.5) is 0 Å². The summed E-state index contributed by atoms with van der Waals surface area (Å²) < 4.78 is 0. The molecule has 0 radical (unpaired) electrons. The molecule has 1 N–H and O–H groups in total. The van der Waals surface area contributed by atoms with Crippen LogP contribution in [0.5, 0.6) is 0 Å². The van der Waals surface area contributed by atoms with Gasteiger partial charge < -0.3 is 10.2 Å². The van der Waals surface area contributed by atoms with Crippen molar-refractivity contribution in [3.05, 3.63) is 71.8 Å². The average Bonchev–Trinajstić information content (AvgIpc) is 2.63. The number of carbonyl (C=O) groups is 1. The predicted molar refractivity (Wildman–Crippen MR) is 106 cm³/mol. The minimum atomic E-state index is 0. The molecule has 2 heterocycles. The first-order valence-corrected chi connectivity index (χ1v) is 9.16. The molecular weight excluding hydrogens is 346 g/mol. The molecule has 2 saturated heterocycles. The topological polar surface area (TPSA) is 35.6 Å². The van der Waals surface area contributed by atoms with Crippen LogP contribution in [-0.4, -0.2) is 55.0 Å². The number of amides is 1. The summed E-state index contributed by atoms with van der Waals surface area (Å²) in [6.07, 6.45) is 0. The third-order valence-electron chi connectivity index (χ3n) is 5.35. The number of benzene rings is 2. The van der Waals surface area contributed by atoms with Crippen LogP contribution in [0.2, 0.25) is 0 Å². The van der Waals surface area contributed by atoms with Gasteiger partial charge in [0.15, 0.2) is 0 Å². The van der Waals surface area contributed by atoms with Crippen molar-refractivity contribution in [3.63, 3.8) is 0 Å². The fourth-order valence-corrected chi connectivity index (χ4v) is 3.81. The Kier molecular flexibility index (Phi) is 6.30. The monoisotopic (exact) mass is 371 g/mol. The van der Waals surface area contributed by atoms with Gasteiger partial charge in [0.2, 0.25) is 5.91 Å². The van der Waals surface area contributed by atoms with Gasteiger partial charge in [-0.1, -0.05) is 60.7 Å². The van der Waals surface area contributed by atoms with Crippen molar-refractivity contribution in [3.8, 4) is 0 Å². The zero-order valence-corrected chi connectivity index (χ0v) is 15.7. The van der Waals surface area contributed by atoms with Crippen molar-refractivity contribution < 1.29 is 4.79 Å². The number of halogens is 1. The van der Waals surface area contributed by atoms with E-state index in [-0.39, 0.29) is 24.4 Å². The molecule has 0 aromatic heterocycles. The number of hydrogen-bond acceptors (Lipinski definition) is 3. The summed E-state index contributed by atoms with van der Waals surface area (Å²) in [4.78, 5) is 17.0. The van der Waals surface area contributed by atoms with Crippen LogP contribution in [0.3, 0.4) is 0 Å². The fourth-order valence-electron chi connectivity index (χ4n) is 3.81. The quantitative estimate of drug-likeness (QED) is 0.897. The van der Waals surface area contributed by atoms with Gasteiger partial charge in [0.05, 0.1) is 12.0 Å². The van der Waals surface area contributed by atoms with Crippen molar-refractivity contribution in [2.45, 2.75) is 6.04 Å². The molecule has 5 heteroatoms. The van der Waals surface area contributed by atoms with Crippen LogP contribution in [0.1, 0.15) is 17.2 Å². The lowest BCUT2D eigenvalue weighted by Gasteiger charge is -2.41. The normalized spacial score (nSPS) is 18.3. The van der Waals surface area contributed by atoms with Gasteiger partial charge in [-0.15, -0.1) is 12.4 Å². The second kappa shape index (κ2) is 8.67. The molecule has 138 valence electrons. The second-order valence-corrected chi connectivity index (χ2v) is 6.94.